The lowest BCUT2D eigenvalue weighted by Crippen LogP contribution is -2.35. The largest absolute Gasteiger partial charge is 0.444 e. The molecule has 1 fully saturated rings. The van der Waals surface area contributed by atoms with E-state index in [0.29, 0.717) is 11.8 Å². The SMILES string of the molecule is CC(C)(C)OC(=O)N1CCC(CC2CCNc3ccccc32)C1. The zero-order valence-electron chi connectivity index (χ0n) is 14.5. The van der Waals surface area contributed by atoms with Gasteiger partial charge in [-0.05, 0) is 63.5 Å². The molecule has 1 N–H and O–H groups in total. The Bertz CT molecular complexity index is 565. The van der Waals surface area contributed by atoms with Crippen molar-refractivity contribution in [3.05, 3.63) is 29.8 Å². The van der Waals surface area contributed by atoms with E-state index in [1.54, 1.807) is 0 Å². The predicted molar refractivity (Wildman–Crippen MR) is 92.8 cm³/mol. The number of anilines is 1. The van der Waals surface area contributed by atoms with Crippen LogP contribution < -0.4 is 5.32 Å². The van der Waals surface area contributed by atoms with Crippen molar-refractivity contribution in [3.8, 4) is 0 Å². The maximum Gasteiger partial charge on any atom is 0.410 e. The molecule has 4 nitrogen and oxygen atoms in total. The molecule has 1 amide bonds. The Hall–Kier alpha value is -1.71. The van der Waals surface area contributed by atoms with Crippen molar-refractivity contribution in [2.75, 3.05) is 25.0 Å². The van der Waals surface area contributed by atoms with Crippen LogP contribution in [0.3, 0.4) is 0 Å². The van der Waals surface area contributed by atoms with Crippen LogP contribution in [0, 0.1) is 5.92 Å². The summed E-state index contributed by atoms with van der Waals surface area (Å²) in [7, 11) is 0. The fraction of sp³-hybridized carbons (Fsp3) is 0.632. The highest BCUT2D eigenvalue weighted by molar-refractivity contribution is 5.68. The molecule has 2 atom stereocenters. The molecule has 2 aliphatic rings. The van der Waals surface area contributed by atoms with Crippen LogP contribution in [-0.4, -0.2) is 36.2 Å². The van der Waals surface area contributed by atoms with Gasteiger partial charge in [0.1, 0.15) is 5.60 Å². The summed E-state index contributed by atoms with van der Waals surface area (Å²) in [5, 5.41) is 3.49. The van der Waals surface area contributed by atoms with Crippen molar-refractivity contribution in [1.82, 2.24) is 4.90 Å². The van der Waals surface area contributed by atoms with E-state index >= 15 is 0 Å². The highest BCUT2D eigenvalue weighted by atomic mass is 16.6. The monoisotopic (exact) mass is 316 g/mol. The van der Waals surface area contributed by atoms with E-state index in [4.69, 9.17) is 4.74 Å². The lowest BCUT2D eigenvalue weighted by molar-refractivity contribution is 0.0287. The van der Waals surface area contributed by atoms with Gasteiger partial charge < -0.3 is 15.0 Å². The lowest BCUT2D eigenvalue weighted by atomic mass is 9.83. The summed E-state index contributed by atoms with van der Waals surface area (Å²) in [6.07, 6.45) is 3.27. The van der Waals surface area contributed by atoms with Gasteiger partial charge in [-0.25, -0.2) is 4.79 Å². The Morgan fingerprint density at radius 1 is 1.30 bits per heavy atom. The normalized spacial score (nSPS) is 24.0. The van der Waals surface area contributed by atoms with E-state index in [1.807, 2.05) is 25.7 Å². The van der Waals surface area contributed by atoms with Crippen molar-refractivity contribution in [2.24, 2.45) is 5.92 Å². The van der Waals surface area contributed by atoms with Gasteiger partial charge in [-0.2, -0.15) is 0 Å². The molecule has 0 saturated carbocycles. The first kappa shape index (κ1) is 16.2. The molecule has 0 radical (unpaired) electrons. The molecule has 0 aromatic heterocycles. The molecule has 0 spiro atoms. The van der Waals surface area contributed by atoms with Crippen molar-refractivity contribution < 1.29 is 9.53 Å². The molecule has 1 aromatic rings. The third-order valence-electron chi connectivity index (χ3n) is 4.76. The molecule has 2 heterocycles. The van der Waals surface area contributed by atoms with Crippen molar-refractivity contribution in [1.29, 1.82) is 0 Å². The lowest BCUT2D eigenvalue weighted by Gasteiger charge is -2.29. The smallest absolute Gasteiger partial charge is 0.410 e. The highest BCUT2D eigenvalue weighted by Crippen LogP contribution is 2.37. The first-order valence-electron chi connectivity index (χ1n) is 8.73. The van der Waals surface area contributed by atoms with Gasteiger partial charge in [-0.3, -0.25) is 0 Å². The molecular weight excluding hydrogens is 288 g/mol. The quantitative estimate of drug-likeness (QED) is 0.887. The van der Waals surface area contributed by atoms with Gasteiger partial charge in [-0.15, -0.1) is 0 Å². The molecule has 3 rings (SSSR count). The summed E-state index contributed by atoms with van der Waals surface area (Å²) < 4.78 is 5.49. The van der Waals surface area contributed by atoms with Crippen LogP contribution in [0.2, 0.25) is 0 Å². The van der Waals surface area contributed by atoms with Crippen LogP contribution >= 0.6 is 0 Å². The van der Waals surface area contributed by atoms with Gasteiger partial charge in [0.2, 0.25) is 0 Å². The van der Waals surface area contributed by atoms with E-state index in [-0.39, 0.29) is 6.09 Å². The topological polar surface area (TPSA) is 41.6 Å². The summed E-state index contributed by atoms with van der Waals surface area (Å²) in [5.41, 5.74) is 2.31. The molecular formula is C19H28N2O2. The molecule has 126 valence electrons. The van der Waals surface area contributed by atoms with E-state index in [0.717, 1.165) is 32.5 Å². The number of para-hydroxylation sites is 1. The summed E-state index contributed by atoms with van der Waals surface area (Å²) in [4.78, 5) is 14.1. The van der Waals surface area contributed by atoms with Gasteiger partial charge in [0.05, 0.1) is 0 Å². The standard InChI is InChI=1S/C19H28N2O2/c1-19(2,3)23-18(22)21-11-9-14(13-21)12-15-8-10-20-17-7-5-4-6-16(15)17/h4-7,14-15,20H,8-13H2,1-3H3. The molecule has 2 unspecified atom stereocenters. The molecule has 4 heteroatoms. The third-order valence-corrected chi connectivity index (χ3v) is 4.76. The number of ether oxygens (including phenoxy) is 1. The second-order valence-electron chi connectivity index (χ2n) is 7.82. The number of benzene rings is 1. The summed E-state index contributed by atoms with van der Waals surface area (Å²) in [6, 6.07) is 8.63. The van der Waals surface area contributed by atoms with Crippen molar-refractivity contribution in [2.45, 2.75) is 51.6 Å². The Balaban J connectivity index is 1.58. The molecule has 1 saturated heterocycles. The Morgan fingerprint density at radius 2 is 2.09 bits per heavy atom. The molecule has 23 heavy (non-hydrogen) atoms. The second kappa shape index (κ2) is 6.42. The number of likely N-dealkylation sites (tertiary alicyclic amines) is 1. The second-order valence-corrected chi connectivity index (χ2v) is 7.82. The van der Waals surface area contributed by atoms with Crippen LogP contribution in [-0.2, 0) is 4.74 Å². The van der Waals surface area contributed by atoms with Crippen LogP contribution in [0.1, 0.15) is 51.5 Å². The van der Waals surface area contributed by atoms with Crippen molar-refractivity contribution >= 4 is 11.8 Å². The van der Waals surface area contributed by atoms with Crippen LogP contribution in [0.5, 0.6) is 0 Å². The molecule has 0 aliphatic carbocycles. The number of hydrogen-bond acceptors (Lipinski definition) is 3. The Kier molecular flexibility index (Phi) is 4.51. The third kappa shape index (κ3) is 3.98. The van der Waals surface area contributed by atoms with Gasteiger partial charge in [0.25, 0.3) is 0 Å². The first-order chi connectivity index (χ1) is 10.9. The number of fused-ring (bicyclic) bond motifs is 1. The number of amides is 1. The molecule has 2 aliphatic heterocycles. The van der Waals surface area contributed by atoms with Gasteiger partial charge in [0, 0.05) is 25.3 Å². The first-order valence-corrected chi connectivity index (χ1v) is 8.73. The fourth-order valence-electron chi connectivity index (χ4n) is 3.72. The van der Waals surface area contributed by atoms with Crippen LogP contribution in [0.15, 0.2) is 24.3 Å². The number of nitrogens with zero attached hydrogens (tertiary/aromatic N) is 1. The number of carbonyl (C=O) groups is 1. The minimum Gasteiger partial charge on any atom is -0.444 e. The van der Waals surface area contributed by atoms with Gasteiger partial charge in [0.15, 0.2) is 0 Å². The number of rotatable bonds is 2. The van der Waals surface area contributed by atoms with E-state index in [1.165, 1.54) is 17.7 Å². The van der Waals surface area contributed by atoms with Gasteiger partial charge >= 0.3 is 6.09 Å². The minimum atomic E-state index is -0.414. The van der Waals surface area contributed by atoms with E-state index in [9.17, 15) is 4.79 Å². The average Bonchev–Trinajstić information content (AvgIpc) is 2.95. The van der Waals surface area contributed by atoms with E-state index in [2.05, 4.69) is 29.6 Å². The predicted octanol–water partition coefficient (Wildman–Crippen LogP) is 4.23. The maximum atomic E-state index is 12.2. The summed E-state index contributed by atoms with van der Waals surface area (Å²) in [6.45, 7) is 8.47. The van der Waals surface area contributed by atoms with Crippen LogP contribution in [0.4, 0.5) is 10.5 Å². The average molecular weight is 316 g/mol. The van der Waals surface area contributed by atoms with Crippen molar-refractivity contribution in [3.63, 3.8) is 0 Å². The number of nitrogens with one attached hydrogen (secondary N) is 1. The molecule has 1 aromatic carbocycles. The fourth-order valence-corrected chi connectivity index (χ4v) is 3.72. The Labute approximate surface area is 139 Å². The zero-order chi connectivity index (χ0) is 16.4. The molecule has 0 bridgehead atoms. The highest BCUT2D eigenvalue weighted by Gasteiger charge is 2.32. The summed E-state index contributed by atoms with van der Waals surface area (Å²) >= 11 is 0. The van der Waals surface area contributed by atoms with Crippen LogP contribution in [0.25, 0.3) is 0 Å². The maximum absolute atomic E-state index is 12.2. The number of carbonyl (C=O) groups excluding carboxylic acids is 1. The van der Waals surface area contributed by atoms with Gasteiger partial charge in [-0.1, -0.05) is 18.2 Å². The number of hydrogen-bond donors (Lipinski definition) is 1. The Morgan fingerprint density at radius 3 is 2.87 bits per heavy atom. The minimum absolute atomic E-state index is 0.161. The summed E-state index contributed by atoms with van der Waals surface area (Å²) in [5.74, 6) is 1.19. The van der Waals surface area contributed by atoms with E-state index < -0.39 is 5.60 Å². The zero-order valence-corrected chi connectivity index (χ0v) is 14.5.